The molecule has 0 saturated carbocycles. The van der Waals surface area contributed by atoms with Crippen molar-refractivity contribution in [1.29, 1.82) is 5.26 Å². The van der Waals surface area contributed by atoms with Gasteiger partial charge in [0.05, 0.1) is 0 Å². The molecule has 4 rings (SSSR count). The van der Waals surface area contributed by atoms with E-state index in [2.05, 4.69) is 18.2 Å². The van der Waals surface area contributed by atoms with E-state index < -0.39 is 0 Å². The fraction of sp³-hybridized carbons (Fsp3) is 0.182. The number of carbonyl (C=O) groups excluding carboxylic acids is 1. The summed E-state index contributed by atoms with van der Waals surface area (Å²) in [5.74, 6) is -0.00244. The minimum atomic E-state index is -0.00244. The van der Waals surface area contributed by atoms with Crippen LogP contribution in [0.15, 0.2) is 42.5 Å². The number of aryl methyl sites for hydroxylation is 2. The summed E-state index contributed by atoms with van der Waals surface area (Å²) >= 11 is 0. The molecular weight excluding hydrogens is 308 g/mol. The maximum absolute atomic E-state index is 12.8. The maximum Gasteiger partial charge on any atom is 0.186 e. The summed E-state index contributed by atoms with van der Waals surface area (Å²) in [6, 6.07) is 14.2. The molecule has 25 heavy (non-hydrogen) atoms. The monoisotopic (exact) mass is 326 g/mol. The van der Waals surface area contributed by atoms with Crippen molar-refractivity contribution in [3.8, 4) is 6.07 Å². The van der Waals surface area contributed by atoms with Gasteiger partial charge < -0.3 is 4.57 Å². The molecule has 1 aromatic heterocycles. The molecule has 0 atom stereocenters. The highest BCUT2D eigenvalue weighted by Crippen LogP contribution is 2.33. The van der Waals surface area contributed by atoms with Gasteiger partial charge in [-0.2, -0.15) is 5.26 Å². The van der Waals surface area contributed by atoms with Gasteiger partial charge in [0.15, 0.2) is 5.78 Å². The summed E-state index contributed by atoms with van der Waals surface area (Å²) in [6.45, 7) is 1.95. The summed E-state index contributed by atoms with van der Waals surface area (Å²) in [5, 5.41) is 11.4. The standard InChI is InChI=1S/C22H18N2O/c1-14-17(12-18(13-23)24(14)2)9-11-21(25)19-10-8-16-7-6-15-4-3-5-20(19)22(15)16/h3-5,8-12H,6-7H2,1-2H3/b11-9+. The topological polar surface area (TPSA) is 45.8 Å². The van der Waals surface area contributed by atoms with Crippen molar-refractivity contribution >= 4 is 22.6 Å². The minimum absolute atomic E-state index is 0.00244. The fourth-order valence-corrected chi connectivity index (χ4v) is 3.72. The van der Waals surface area contributed by atoms with Crippen molar-refractivity contribution in [2.75, 3.05) is 0 Å². The number of allylic oxidation sites excluding steroid dienone is 1. The average molecular weight is 326 g/mol. The molecule has 3 aromatic rings. The Bertz CT molecular complexity index is 1080. The Labute approximate surface area is 146 Å². The van der Waals surface area contributed by atoms with E-state index in [-0.39, 0.29) is 5.78 Å². The van der Waals surface area contributed by atoms with E-state index in [0.29, 0.717) is 5.69 Å². The largest absolute Gasteiger partial charge is 0.339 e. The summed E-state index contributed by atoms with van der Waals surface area (Å²) in [4.78, 5) is 12.8. The molecule has 0 bridgehead atoms. The third kappa shape index (κ3) is 2.38. The molecule has 0 fully saturated rings. The average Bonchev–Trinajstić information content (AvgIpc) is 3.17. The Hall–Kier alpha value is -3.12. The molecule has 0 unspecified atom stereocenters. The van der Waals surface area contributed by atoms with E-state index >= 15 is 0 Å². The summed E-state index contributed by atoms with van der Waals surface area (Å²) in [5.41, 5.74) is 5.88. The van der Waals surface area contributed by atoms with E-state index in [1.54, 1.807) is 6.08 Å². The predicted octanol–water partition coefficient (Wildman–Crippen LogP) is 4.35. The van der Waals surface area contributed by atoms with Crippen LogP contribution in [0.1, 0.15) is 38.4 Å². The van der Waals surface area contributed by atoms with Gasteiger partial charge in [-0.3, -0.25) is 4.79 Å². The number of nitrogens with zero attached hydrogens (tertiary/aromatic N) is 2. The third-order valence-corrected chi connectivity index (χ3v) is 5.25. The molecule has 1 heterocycles. The number of aromatic nitrogens is 1. The lowest BCUT2D eigenvalue weighted by Gasteiger charge is -2.06. The Morgan fingerprint density at radius 2 is 1.96 bits per heavy atom. The van der Waals surface area contributed by atoms with Crippen LogP contribution in [0, 0.1) is 18.3 Å². The second-order valence-electron chi connectivity index (χ2n) is 6.55. The lowest BCUT2D eigenvalue weighted by Crippen LogP contribution is -1.97. The SMILES string of the molecule is Cc1c(/C=C/C(=O)c2ccc3c4c(cccc24)CC3)cc(C#N)n1C. The lowest BCUT2D eigenvalue weighted by molar-refractivity contribution is 0.104. The van der Waals surface area contributed by atoms with Crippen LogP contribution in [-0.4, -0.2) is 10.4 Å². The van der Waals surface area contributed by atoms with E-state index in [9.17, 15) is 4.79 Å². The quantitative estimate of drug-likeness (QED) is 0.530. The van der Waals surface area contributed by atoms with Gasteiger partial charge in [-0.15, -0.1) is 0 Å². The zero-order valence-electron chi connectivity index (χ0n) is 14.3. The number of benzene rings is 2. The van der Waals surface area contributed by atoms with E-state index in [1.165, 1.54) is 16.5 Å². The molecule has 3 nitrogen and oxygen atoms in total. The Morgan fingerprint density at radius 1 is 1.20 bits per heavy atom. The second-order valence-corrected chi connectivity index (χ2v) is 6.55. The van der Waals surface area contributed by atoms with Gasteiger partial charge in [-0.05, 0) is 65.4 Å². The van der Waals surface area contributed by atoms with E-state index in [0.717, 1.165) is 35.0 Å². The summed E-state index contributed by atoms with van der Waals surface area (Å²) < 4.78 is 1.84. The maximum atomic E-state index is 12.8. The number of ketones is 1. The van der Waals surface area contributed by atoms with Crippen molar-refractivity contribution in [2.24, 2.45) is 7.05 Å². The predicted molar refractivity (Wildman–Crippen MR) is 99.6 cm³/mol. The lowest BCUT2D eigenvalue weighted by atomic mass is 9.97. The molecule has 2 aromatic carbocycles. The first-order chi connectivity index (χ1) is 12.1. The van der Waals surface area contributed by atoms with Crippen LogP contribution in [0.2, 0.25) is 0 Å². The molecule has 0 spiro atoms. The van der Waals surface area contributed by atoms with Gasteiger partial charge in [-0.25, -0.2) is 0 Å². The molecule has 0 saturated heterocycles. The van der Waals surface area contributed by atoms with Crippen LogP contribution in [-0.2, 0) is 19.9 Å². The van der Waals surface area contributed by atoms with Crippen LogP contribution in [0.4, 0.5) is 0 Å². The molecule has 0 radical (unpaired) electrons. The van der Waals surface area contributed by atoms with Crippen molar-refractivity contribution in [3.05, 3.63) is 76.1 Å². The van der Waals surface area contributed by atoms with Gasteiger partial charge in [0.25, 0.3) is 0 Å². The minimum Gasteiger partial charge on any atom is -0.339 e. The zero-order chi connectivity index (χ0) is 17.6. The molecule has 1 aliphatic carbocycles. The number of hydrogen-bond acceptors (Lipinski definition) is 2. The van der Waals surface area contributed by atoms with Gasteiger partial charge in [-0.1, -0.05) is 30.3 Å². The highest BCUT2D eigenvalue weighted by atomic mass is 16.1. The highest BCUT2D eigenvalue weighted by molar-refractivity contribution is 6.16. The molecular formula is C22H18N2O. The molecule has 0 amide bonds. The molecule has 122 valence electrons. The van der Waals surface area contributed by atoms with Gasteiger partial charge in [0.1, 0.15) is 11.8 Å². The number of nitriles is 1. The summed E-state index contributed by atoms with van der Waals surface area (Å²) in [6.07, 6.45) is 5.53. The first kappa shape index (κ1) is 15.4. The Kier molecular flexibility index (Phi) is 3.54. The van der Waals surface area contributed by atoms with Crippen molar-refractivity contribution in [2.45, 2.75) is 19.8 Å². The smallest absolute Gasteiger partial charge is 0.186 e. The van der Waals surface area contributed by atoms with Crippen LogP contribution in [0.25, 0.3) is 16.8 Å². The first-order valence-electron chi connectivity index (χ1n) is 8.42. The molecule has 0 N–H and O–H groups in total. The molecule has 3 heteroatoms. The first-order valence-corrected chi connectivity index (χ1v) is 8.42. The van der Waals surface area contributed by atoms with E-state index in [4.69, 9.17) is 5.26 Å². The van der Waals surface area contributed by atoms with E-state index in [1.807, 2.05) is 48.9 Å². The third-order valence-electron chi connectivity index (χ3n) is 5.25. The van der Waals surface area contributed by atoms with Crippen molar-refractivity contribution in [1.82, 2.24) is 4.57 Å². The van der Waals surface area contributed by atoms with Crippen LogP contribution >= 0.6 is 0 Å². The zero-order valence-corrected chi connectivity index (χ0v) is 14.3. The Morgan fingerprint density at radius 3 is 2.68 bits per heavy atom. The normalized spacial score (nSPS) is 12.8. The summed E-state index contributed by atoms with van der Waals surface area (Å²) in [7, 11) is 1.86. The van der Waals surface area contributed by atoms with Gasteiger partial charge >= 0.3 is 0 Å². The van der Waals surface area contributed by atoms with Crippen molar-refractivity contribution in [3.63, 3.8) is 0 Å². The second kappa shape index (κ2) is 5.75. The Balaban J connectivity index is 1.74. The molecule has 0 aliphatic heterocycles. The van der Waals surface area contributed by atoms with Crippen molar-refractivity contribution < 1.29 is 4.79 Å². The number of carbonyl (C=O) groups is 1. The fourth-order valence-electron chi connectivity index (χ4n) is 3.72. The van der Waals surface area contributed by atoms with Crippen LogP contribution < -0.4 is 0 Å². The van der Waals surface area contributed by atoms with Crippen LogP contribution in [0.5, 0.6) is 0 Å². The van der Waals surface area contributed by atoms with Crippen LogP contribution in [0.3, 0.4) is 0 Å². The molecule has 1 aliphatic rings. The van der Waals surface area contributed by atoms with Gasteiger partial charge in [0, 0.05) is 18.3 Å². The number of rotatable bonds is 3. The highest BCUT2D eigenvalue weighted by Gasteiger charge is 2.17. The number of hydrogen-bond donors (Lipinski definition) is 0. The van der Waals surface area contributed by atoms with Gasteiger partial charge in [0.2, 0.25) is 0 Å².